The first-order valence-electron chi connectivity index (χ1n) is 8.64. The highest BCUT2D eigenvalue weighted by Gasteiger charge is 2.17. The number of aromatic nitrogens is 2. The lowest BCUT2D eigenvalue weighted by Crippen LogP contribution is -2.36. The summed E-state index contributed by atoms with van der Waals surface area (Å²) in [6.45, 7) is 1.53. The monoisotopic (exact) mass is 338 g/mol. The topological polar surface area (TPSA) is 84.0 Å². The number of amides is 1. The van der Waals surface area contributed by atoms with Crippen molar-refractivity contribution >= 4 is 23.3 Å². The van der Waals surface area contributed by atoms with Crippen molar-refractivity contribution in [3.63, 3.8) is 0 Å². The highest BCUT2D eigenvalue weighted by molar-refractivity contribution is 5.94. The van der Waals surface area contributed by atoms with E-state index in [1.165, 1.54) is 13.3 Å². The Hall–Kier alpha value is -2.76. The number of carbonyl (C=O) groups excluding carboxylic acids is 2. The van der Waals surface area contributed by atoms with Crippen LogP contribution in [0, 0.1) is 0 Å². The zero-order valence-corrected chi connectivity index (χ0v) is 14.3. The Labute approximate surface area is 147 Å². The molecule has 0 atom stereocenters. The molecule has 130 valence electrons. The zero-order chi connectivity index (χ0) is 17.6. The predicted octanol–water partition coefficient (Wildman–Crippen LogP) is 3.49. The van der Waals surface area contributed by atoms with E-state index < -0.39 is 0 Å². The second-order valence-corrected chi connectivity index (χ2v) is 6.33. The molecule has 0 bridgehead atoms. The Morgan fingerprint density at radius 1 is 1.04 bits per heavy atom. The average Bonchev–Trinajstić information content (AvgIpc) is 2.63. The molecule has 3 rings (SSSR count). The molecule has 1 amide bonds. The summed E-state index contributed by atoms with van der Waals surface area (Å²) in [6.07, 6.45) is 7.20. The third kappa shape index (κ3) is 4.62. The number of nitrogens with one attached hydrogen (secondary N) is 2. The number of benzene rings is 1. The van der Waals surface area contributed by atoms with Crippen molar-refractivity contribution in [1.82, 2.24) is 15.3 Å². The van der Waals surface area contributed by atoms with E-state index in [9.17, 15) is 9.59 Å². The van der Waals surface area contributed by atoms with Gasteiger partial charge in [-0.25, -0.2) is 9.97 Å². The van der Waals surface area contributed by atoms with Gasteiger partial charge in [0, 0.05) is 23.5 Å². The summed E-state index contributed by atoms with van der Waals surface area (Å²) >= 11 is 0. The van der Waals surface area contributed by atoms with Crippen LogP contribution in [0.25, 0.3) is 0 Å². The second kappa shape index (κ2) is 7.88. The SMILES string of the molecule is CC(=O)c1ccc(Nc2nccc(C(=O)NC3CCCCC3)n2)cc1. The first-order valence-corrected chi connectivity index (χ1v) is 8.64. The van der Waals surface area contributed by atoms with E-state index in [0.717, 1.165) is 31.4 Å². The molecule has 0 aliphatic heterocycles. The van der Waals surface area contributed by atoms with Gasteiger partial charge in [-0.15, -0.1) is 0 Å². The number of anilines is 2. The predicted molar refractivity (Wildman–Crippen MR) is 96.1 cm³/mol. The van der Waals surface area contributed by atoms with Gasteiger partial charge in [-0.05, 0) is 50.1 Å². The summed E-state index contributed by atoms with van der Waals surface area (Å²) < 4.78 is 0. The highest BCUT2D eigenvalue weighted by Crippen LogP contribution is 2.18. The van der Waals surface area contributed by atoms with Crippen LogP contribution in [0.2, 0.25) is 0 Å². The van der Waals surface area contributed by atoms with Crippen LogP contribution in [-0.2, 0) is 0 Å². The molecule has 0 unspecified atom stereocenters. The summed E-state index contributed by atoms with van der Waals surface area (Å²) in [5, 5.41) is 6.11. The minimum atomic E-state index is -0.163. The first-order chi connectivity index (χ1) is 12.1. The summed E-state index contributed by atoms with van der Waals surface area (Å²) in [6, 6.07) is 8.91. The molecule has 6 heteroatoms. The third-order valence-corrected chi connectivity index (χ3v) is 4.38. The second-order valence-electron chi connectivity index (χ2n) is 6.33. The number of carbonyl (C=O) groups is 2. The molecule has 1 fully saturated rings. The molecule has 6 nitrogen and oxygen atoms in total. The fraction of sp³-hybridized carbons (Fsp3) is 0.368. The number of rotatable bonds is 5. The first kappa shape index (κ1) is 17.1. The standard InChI is InChI=1S/C19H22N4O2/c1-13(24)14-7-9-16(10-8-14)22-19-20-12-11-17(23-19)18(25)21-15-5-3-2-4-6-15/h7-12,15H,2-6H2,1H3,(H,21,25)(H,20,22,23). The fourth-order valence-corrected chi connectivity index (χ4v) is 2.97. The Bertz CT molecular complexity index is 752. The van der Waals surface area contributed by atoms with E-state index in [0.29, 0.717) is 17.2 Å². The summed E-state index contributed by atoms with van der Waals surface area (Å²) in [5.74, 6) is 0.209. The van der Waals surface area contributed by atoms with Crippen LogP contribution in [0.1, 0.15) is 59.9 Å². The van der Waals surface area contributed by atoms with E-state index in [1.54, 1.807) is 36.5 Å². The van der Waals surface area contributed by atoms with Crippen LogP contribution >= 0.6 is 0 Å². The van der Waals surface area contributed by atoms with Gasteiger partial charge >= 0.3 is 0 Å². The molecular weight excluding hydrogens is 316 g/mol. The van der Waals surface area contributed by atoms with Gasteiger partial charge in [0.25, 0.3) is 5.91 Å². The molecule has 1 aliphatic carbocycles. The molecule has 1 saturated carbocycles. The molecular formula is C19H22N4O2. The van der Waals surface area contributed by atoms with Crippen LogP contribution in [-0.4, -0.2) is 27.7 Å². The van der Waals surface area contributed by atoms with Gasteiger partial charge in [-0.1, -0.05) is 19.3 Å². The molecule has 1 aliphatic rings. The molecule has 0 spiro atoms. The van der Waals surface area contributed by atoms with Crippen LogP contribution in [0.4, 0.5) is 11.6 Å². The quantitative estimate of drug-likeness (QED) is 0.815. The molecule has 1 heterocycles. The summed E-state index contributed by atoms with van der Waals surface area (Å²) in [7, 11) is 0. The van der Waals surface area contributed by atoms with Crippen molar-refractivity contribution in [3.8, 4) is 0 Å². The maximum atomic E-state index is 12.4. The fourth-order valence-electron chi connectivity index (χ4n) is 2.97. The van der Waals surface area contributed by atoms with Crippen molar-refractivity contribution in [2.45, 2.75) is 45.1 Å². The normalized spacial score (nSPS) is 14.8. The maximum absolute atomic E-state index is 12.4. The lowest BCUT2D eigenvalue weighted by atomic mass is 9.95. The molecule has 2 N–H and O–H groups in total. The molecule has 0 radical (unpaired) electrons. The van der Waals surface area contributed by atoms with Crippen LogP contribution < -0.4 is 10.6 Å². The molecule has 2 aromatic rings. The number of Topliss-reactive ketones (excluding diaryl/α,β-unsaturated/α-hetero) is 1. The van der Waals surface area contributed by atoms with Gasteiger partial charge in [-0.3, -0.25) is 9.59 Å². The van der Waals surface area contributed by atoms with E-state index in [1.807, 2.05) is 0 Å². The van der Waals surface area contributed by atoms with Crippen LogP contribution in [0.15, 0.2) is 36.5 Å². The number of ketones is 1. The summed E-state index contributed by atoms with van der Waals surface area (Å²) in [4.78, 5) is 32.1. The molecule has 1 aromatic heterocycles. The minimum Gasteiger partial charge on any atom is -0.348 e. The van der Waals surface area contributed by atoms with Gasteiger partial charge in [0.05, 0.1) is 0 Å². The molecule has 1 aromatic carbocycles. The van der Waals surface area contributed by atoms with Gasteiger partial charge in [0.1, 0.15) is 5.69 Å². The highest BCUT2D eigenvalue weighted by atomic mass is 16.2. The Morgan fingerprint density at radius 3 is 2.44 bits per heavy atom. The largest absolute Gasteiger partial charge is 0.348 e. The van der Waals surface area contributed by atoms with Gasteiger partial charge < -0.3 is 10.6 Å². The maximum Gasteiger partial charge on any atom is 0.270 e. The average molecular weight is 338 g/mol. The van der Waals surface area contributed by atoms with E-state index in [-0.39, 0.29) is 17.7 Å². The van der Waals surface area contributed by atoms with Crippen molar-refractivity contribution in [2.75, 3.05) is 5.32 Å². The van der Waals surface area contributed by atoms with Gasteiger partial charge in [0.2, 0.25) is 5.95 Å². The van der Waals surface area contributed by atoms with E-state index in [2.05, 4.69) is 20.6 Å². The number of hydrogen-bond donors (Lipinski definition) is 2. The number of nitrogens with zero attached hydrogens (tertiary/aromatic N) is 2. The lowest BCUT2D eigenvalue weighted by molar-refractivity contribution is 0.0922. The lowest BCUT2D eigenvalue weighted by Gasteiger charge is -2.22. The Kier molecular flexibility index (Phi) is 5.38. The van der Waals surface area contributed by atoms with Crippen molar-refractivity contribution in [1.29, 1.82) is 0 Å². The van der Waals surface area contributed by atoms with E-state index in [4.69, 9.17) is 0 Å². The van der Waals surface area contributed by atoms with Crippen molar-refractivity contribution in [2.24, 2.45) is 0 Å². The number of hydrogen-bond acceptors (Lipinski definition) is 5. The minimum absolute atomic E-state index is 0.0178. The van der Waals surface area contributed by atoms with Gasteiger partial charge in [0.15, 0.2) is 5.78 Å². The van der Waals surface area contributed by atoms with Gasteiger partial charge in [-0.2, -0.15) is 0 Å². The summed E-state index contributed by atoms with van der Waals surface area (Å²) in [5.41, 5.74) is 1.75. The smallest absolute Gasteiger partial charge is 0.270 e. The van der Waals surface area contributed by atoms with Crippen LogP contribution in [0.3, 0.4) is 0 Å². The van der Waals surface area contributed by atoms with E-state index >= 15 is 0 Å². The third-order valence-electron chi connectivity index (χ3n) is 4.38. The Morgan fingerprint density at radius 2 is 1.76 bits per heavy atom. The zero-order valence-electron chi connectivity index (χ0n) is 14.3. The molecule has 25 heavy (non-hydrogen) atoms. The van der Waals surface area contributed by atoms with Crippen molar-refractivity contribution < 1.29 is 9.59 Å². The Balaban J connectivity index is 1.66. The molecule has 0 saturated heterocycles. The van der Waals surface area contributed by atoms with Crippen molar-refractivity contribution in [3.05, 3.63) is 47.8 Å². The van der Waals surface area contributed by atoms with Crippen LogP contribution in [0.5, 0.6) is 0 Å².